The summed E-state index contributed by atoms with van der Waals surface area (Å²) in [7, 11) is 0. The number of carbonyl (C=O) groups is 1. The normalized spacial score (nSPS) is 21.5. The molecule has 1 aliphatic heterocycles. The van der Waals surface area contributed by atoms with Crippen molar-refractivity contribution < 1.29 is 9.90 Å². The van der Waals surface area contributed by atoms with Crippen LogP contribution in [-0.4, -0.2) is 44.3 Å². The maximum absolute atomic E-state index is 11.9. The number of pyridine rings is 1. The Labute approximate surface area is 168 Å². The molecule has 0 unspecified atom stereocenters. The van der Waals surface area contributed by atoms with Crippen molar-refractivity contribution in [1.29, 1.82) is 0 Å². The van der Waals surface area contributed by atoms with Crippen LogP contribution in [0.1, 0.15) is 41.6 Å². The number of hydrogen-bond acceptors (Lipinski definition) is 6. The topological polar surface area (TPSA) is 104 Å². The zero-order valence-electron chi connectivity index (χ0n) is 16.1. The number of fused-ring (bicyclic) bond motifs is 2. The fraction of sp³-hybridized carbons (Fsp3) is 0.381. The van der Waals surface area contributed by atoms with Crippen LogP contribution >= 0.6 is 0 Å². The summed E-state index contributed by atoms with van der Waals surface area (Å²) in [6.07, 6.45) is 4.19. The number of benzene rings is 1. The van der Waals surface area contributed by atoms with E-state index < -0.39 is 0 Å². The van der Waals surface area contributed by atoms with E-state index in [-0.39, 0.29) is 12.0 Å². The number of nitrogens with zero attached hydrogens (tertiary/aromatic N) is 3. The third-order valence-corrected chi connectivity index (χ3v) is 5.69. The number of aliphatic hydroxyl groups excluding tert-OH is 1. The molecule has 1 amide bonds. The van der Waals surface area contributed by atoms with Crippen LogP contribution in [0.5, 0.6) is 0 Å². The third-order valence-electron chi connectivity index (χ3n) is 5.69. The van der Waals surface area contributed by atoms with E-state index in [0.717, 1.165) is 60.4 Å². The number of anilines is 3. The van der Waals surface area contributed by atoms with Crippen molar-refractivity contribution in [1.82, 2.24) is 19.9 Å². The fourth-order valence-corrected chi connectivity index (χ4v) is 4.13. The van der Waals surface area contributed by atoms with Gasteiger partial charge in [0.1, 0.15) is 5.82 Å². The predicted octanol–water partition coefficient (Wildman–Crippen LogP) is 2.47. The minimum atomic E-state index is -0.172. The highest BCUT2D eigenvalue weighted by atomic mass is 16.3. The van der Waals surface area contributed by atoms with Gasteiger partial charge in [-0.15, -0.1) is 5.10 Å². The SMILES string of the molecule is O=C1NCCc2cc(Nc3nc4cccc(NC5CCC(O)CC5)n4n3)ccc21. The van der Waals surface area contributed by atoms with Crippen molar-refractivity contribution in [3.8, 4) is 0 Å². The second-order valence-corrected chi connectivity index (χ2v) is 7.77. The molecule has 29 heavy (non-hydrogen) atoms. The van der Waals surface area contributed by atoms with E-state index in [4.69, 9.17) is 0 Å². The lowest BCUT2D eigenvalue weighted by Gasteiger charge is -2.26. The van der Waals surface area contributed by atoms with Crippen molar-refractivity contribution in [2.45, 2.75) is 44.2 Å². The minimum absolute atomic E-state index is 0.0189. The van der Waals surface area contributed by atoms with E-state index in [9.17, 15) is 9.90 Å². The first-order valence-electron chi connectivity index (χ1n) is 10.1. The summed E-state index contributed by atoms with van der Waals surface area (Å²) in [4.78, 5) is 16.5. The van der Waals surface area contributed by atoms with Crippen LogP contribution < -0.4 is 16.0 Å². The molecule has 4 N–H and O–H groups in total. The molecule has 0 atom stereocenters. The van der Waals surface area contributed by atoms with Gasteiger partial charge in [0.05, 0.1) is 6.10 Å². The molecule has 0 bridgehead atoms. The lowest BCUT2D eigenvalue weighted by molar-refractivity contribution is 0.0946. The number of carbonyl (C=O) groups excluding carboxylic acids is 1. The smallest absolute Gasteiger partial charge is 0.251 e. The van der Waals surface area contributed by atoms with Gasteiger partial charge in [-0.25, -0.2) is 0 Å². The van der Waals surface area contributed by atoms with Gasteiger partial charge in [0.15, 0.2) is 5.65 Å². The van der Waals surface area contributed by atoms with Crippen molar-refractivity contribution in [3.05, 3.63) is 47.5 Å². The summed E-state index contributed by atoms with van der Waals surface area (Å²) in [5.41, 5.74) is 3.38. The van der Waals surface area contributed by atoms with Gasteiger partial charge in [-0.3, -0.25) is 4.79 Å². The van der Waals surface area contributed by atoms with Crippen LogP contribution in [0.2, 0.25) is 0 Å². The zero-order chi connectivity index (χ0) is 19.8. The second kappa shape index (κ2) is 7.36. The first-order valence-corrected chi connectivity index (χ1v) is 10.1. The molecule has 2 aromatic heterocycles. The largest absolute Gasteiger partial charge is 0.393 e. The molecule has 3 aromatic rings. The first kappa shape index (κ1) is 17.9. The molecule has 2 aliphatic rings. The zero-order valence-corrected chi connectivity index (χ0v) is 16.1. The highest BCUT2D eigenvalue weighted by Gasteiger charge is 2.20. The molecule has 1 fully saturated rings. The molecule has 1 saturated carbocycles. The molecule has 1 aliphatic carbocycles. The maximum atomic E-state index is 11.9. The average Bonchev–Trinajstić information content (AvgIpc) is 3.13. The van der Waals surface area contributed by atoms with Gasteiger partial charge in [0.2, 0.25) is 5.95 Å². The summed E-state index contributed by atoms with van der Waals surface area (Å²) in [5, 5.41) is 24.0. The number of rotatable bonds is 4. The molecule has 1 aromatic carbocycles. The molecule has 8 nitrogen and oxygen atoms in total. The summed E-state index contributed by atoms with van der Waals surface area (Å²) < 4.78 is 1.80. The van der Waals surface area contributed by atoms with Crippen LogP contribution in [0.4, 0.5) is 17.5 Å². The number of aliphatic hydroxyl groups is 1. The Morgan fingerprint density at radius 1 is 1.14 bits per heavy atom. The van der Waals surface area contributed by atoms with Crippen LogP contribution in [0, 0.1) is 0 Å². The highest BCUT2D eigenvalue weighted by Crippen LogP contribution is 2.24. The Kier molecular flexibility index (Phi) is 4.55. The van der Waals surface area contributed by atoms with Gasteiger partial charge in [0, 0.05) is 23.8 Å². The summed E-state index contributed by atoms with van der Waals surface area (Å²) in [6.45, 7) is 0.662. The van der Waals surface area contributed by atoms with Crippen molar-refractivity contribution in [2.75, 3.05) is 17.2 Å². The van der Waals surface area contributed by atoms with E-state index >= 15 is 0 Å². The summed E-state index contributed by atoms with van der Waals surface area (Å²) in [5.74, 6) is 1.39. The fourth-order valence-electron chi connectivity index (χ4n) is 4.13. The lowest BCUT2D eigenvalue weighted by Crippen LogP contribution is -2.31. The van der Waals surface area contributed by atoms with E-state index in [2.05, 4.69) is 26.0 Å². The number of nitrogens with one attached hydrogen (secondary N) is 3. The third kappa shape index (κ3) is 3.63. The number of aromatic nitrogens is 3. The summed E-state index contributed by atoms with van der Waals surface area (Å²) >= 11 is 0. The molecule has 150 valence electrons. The van der Waals surface area contributed by atoms with Crippen molar-refractivity contribution >= 4 is 29.0 Å². The van der Waals surface area contributed by atoms with Crippen molar-refractivity contribution in [2.24, 2.45) is 0 Å². The lowest BCUT2D eigenvalue weighted by atomic mass is 9.93. The predicted molar refractivity (Wildman–Crippen MR) is 111 cm³/mol. The second-order valence-electron chi connectivity index (χ2n) is 7.77. The maximum Gasteiger partial charge on any atom is 0.251 e. The standard InChI is InChI=1S/C21H24N6O2/c28-16-7-4-14(5-8-16)23-18-2-1-3-19-25-21(26-27(18)19)24-15-6-9-17-13(12-15)10-11-22-20(17)29/h1-3,6,9,12,14,16,23,28H,4-5,7-8,10-11H2,(H,22,29)(H,24,26). The Morgan fingerprint density at radius 3 is 2.86 bits per heavy atom. The van der Waals surface area contributed by atoms with Crippen LogP contribution in [0.25, 0.3) is 5.65 Å². The van der Waals surface area contributed by atoms with E-state index in [0.29, 0.717) is 18.5 Å². The van der Waals surface area contributed by atoms with Gasteiger partial charge in [-0.05, 0) is 68.0 Å². The van der Waals surface area contributed by atoms with Crippen LogP contribution in [-0.2, 0) is 6.42 Å². The molecule has 8 heteroatoms. The first-order chi connectivity index (χ1) is 14.2. The van der Waals surface area contributed by atoms with E-state index in [1.165, 1.54) is 0 Å². The van der Waals surface area contributed by atoms with E-state index in [1.807, 2.05) is 36.4 Å². The molecular weight excluding hydrogens is 368 g/mol. The van der Waals surface area contributed by atoms with Gasteiger partial charge in [0.25, 0.3) is 5.91 Å². The van der Waals surface area contributed by atoms with Gasteiger partial charge >= 0.3 is 0 Å². The van der Waals surface area contributed by atoms with Crippen LogP contribution in [0.3, 0.4) is 0 Å². The van der Waals surface area contributed by atoms with Crippen LogP contribution in [0.15, 0.2) is 36.4 Å². The monoisotopic (exact) mass is 392 g/mol. The molecule has 0 spiro atoms. The van der Waals surface area contributed by atoms with Gasteiger partial charge < -0.3 is 21.1 Å². The van der Waals surface area contributed by atoms with E-state index in [1.54, 1.807) is 4.52 Å². The molecule has 3 heterocycles. The average molecular weight is 392 g/mol. The number of amides is 1. The van der Waals surface area contributed by atoms with Crippen molar-refractivity contribution in [3.63, 3.8) is 0 Å². The molecule has 0 saturated heterocycles. The summed E-state index contributed by atoms with van der Waals surface area (Å²) in [6, 6.07) is 11.9. The Bertz CT molecular complexity index is 1050. The highest BCUT2D eigenvalue weighted by molar-refractivity contribution is 5.97. The Balaban J connectivity index is 1.37. The molecule has 5 rings (SSSR count). The minimum Gasteiger partial charge on any atom is -0.393 e. The Morgan fingerprint density at radius 2 is 2.00 bits per heavy atom. The molecule has 0 radical (unpaired) electrons. The quantitative estimate of drug-likeness (QED) is 0.544. The van der Waals surface area contributed by atoms with Gasteiger partial charge in [-0.1, -0.05) is 6.07 Å². The Hall–Kier alpha value is -3.13. The number of hydrogen-bond donors (Lipinski definition) is 4. The molecular formula is C21H24N6O2. The van der Waals surface area contributed by atoms with Gasteiger partial charge in [-0.2, -0.15) is 9.50 Å².